The summed E-state index contributed by atoms with van der Waals surface area (Å²) in [6.45, 7) is 2.53. The van der Waals surface area contributed by atoms with Crippen molar-refractivity contribution >= 4 is 11.6 Å². The zero-order valence-corrected chi connectivity index (χ0v) is 13.2. The van der Waals surface area contributed by atoms with Crippen LogP contribution in [0.4, 0.5) is 5.69 Å². The minimum absolute atomic E-state index is 0.00985. The van der Waals surface area contributed by atoms with E-state index < -0.39 is 0 Å². The molecule has 1 aromatic heterocycles. The van der Waals surface area contributed by atoms with Gasteiger partial charge >= 0.3 is 0 Å². The van der Waals surface area contributed by atoms with E-state index in [1.165, 1.54) is 0 Å². The Morgan fingerprint density at radius 3 is 3.18 bits per heavy atom. The first-order valence-corrected chi connectivity index (χ1v) is 7.69. The molecule has 2 aliphatic heterocycles. The molecule has 1 aromatic rings. The second kappa shape index (κ2) is 6.22. The fourth-order valence-electron chi connectivity index (χ4n) is 3.12. The molecule has 0 bridgehead atoms. The standard InChI is InChI=1S/C16H23N3O3/c1-18(2)15(20)11-21-14-8-16(22-10-14)5-7-19(12-16)13-4-3-6-17-9-13/h3-4,6,9,14H,5,7-8,10-12H2,1-2H3. The molecule has 1 spiro atoms. The maximum atomic E-state index is 11.6. The average Bonchev–Trinajstić information content (AvgIpc) is 3.13. The van der Waals surface area contributed by atoms with Crippen molar-refractivity contribution in [2.75, 3.05) is 45.3 Å². The van der Waals surface area contributed by atoms with Crippen LogP contribution in [0.5, 0.6) is 0 Å². The zero-order valence-electron chi connectivity index (χ0n) is 13.2. The van der Waals surface area contributed by atoms with E-state index in [0.717, 1.165) is 31.6 Å². The van der Waals surface area contributed by atoms with Gasteiger partial charge in [-0.3, -0.25) is 9.78 Å². The summed E-state index contributed by atoms with van der Waals surface area (Å²) in [5, 5.41) is 0. The van der Waals surface area contributed by atoms with Crippen molar-refractivity contribution in [3.8, 4) is 0 Å². The molecule has 6 heteroatoms. The highest BCUT2D eigenvalue weighted by molar-refractivity contribution is 5.76. The van der Waals surface area contributed by atoms with Crippen molar-refractivity contribution in [2.45, 2.75) is 24.5 Å². The number of aromatic nitrogens is 1. The predicted octanol–water partition coefficient (Wildman–Crippen LogP) is 0.924. The largest absolute Gasteiger partial charge is 0.370 e. The summed E-state index contributed by atoms with van der Waals surface area (Å²) in [5.41, 5.74) is 0.997. The van der Waals surface area contributed by atoms with E-state index in [9.17, 15) is 4.79 Å². The van der Waals surface area contributed by atoms with Crippen LogP contribution >= 0.6 is 0 Å². The van der Waals surface area contributed by atoms with Crippen molar-refractivity contribution in [3.63, 3.8) is 0 Å². The van der Waals surface area contributed by atoms with Gasteiger partial charge in [-0.15, -0.1) is 0 Å². The number of hydrogen-bond donors (Lipinski definition) is 0. The third-order valence-corrected chi connectivity index (χ3v) is 4.44. The number of likely N-dealkylation sites (N-methyl/N-ethyl adjacent to an activating group) is 1. The summed E-state index contributed by atoms with van der Waals surface area (Å²) in [6.07, 6.45) is 5.52. The lowest BCUT2D eigenvalue weighted by atomic mass is 9.98. The highest BCUT2D eigenvalue weighted by Gasteiger charge is 2.46. The van der Waals surface area contributed by atoms with Crippen LogP contribution in [0.25, 0.3) is 0 Å². The van der Waals surface area contributed by atoms with Crippen molar-refractivity contribution in [1.29, 1.82) is 0 Å². The molecule has 3 rings (SSSR count). The van der Waals surface area contributed by atoms with E-state index in [-0.39, 0.29) is 24.2 Å². The number of nitrogens with zero attached hydrogens (tertiary/aromatic N) is 3. The van der Waals surface area contributed by atoms with Crippen LogP contribution in [0.2, 0.25) is 0 Å². The van der Waals surface area contributed by atoms with Gasteiger partial charge in [-0.2, -0.15) is 0 Å². The Bertz CT molecular complexity index is 523. The maximum Gasteiger partial charge on any atom is 0.248 e. The lowest BCUT2D eigenvalue weighted by Crippen LogP contribution is -2.33. The van der Waals surface area contributed by atoms with Crippen molar-refractivity contribution < 1.29 is 14.3 Å². The van der Waals surface area contributed by atoms with Crippen LogP contribution in [0, 0.1) is 0 Å². The van der Waals surface area contributed by atoms with E-state index in [0.29, 0.717) is 6.61 Å². The van der Waals surface area contributed by atoms with Gasteiger partial charge in [0.2, 0.25) is 5.91 Å². The molecular formula is C16H23N3O3. The number of carbonyl (C=O) groups excluding carboxylic acids is 1. The van der Waals surface area contributed by atoms with Crippen LogP contribution in [0.15, 0.2) is 24.5 Å². The summed E-state index contributed by atoms with van der Waals surface area (Å²) in [6, 6.07) is 4.03. The van der Waals surface area contributed by atoms with E-state index in [1.54, 1.807) is 25.2 Å². The van der Waals surface area contributed by atoms with Gasteiger partial charge in [-0.25, -0.2) is 0 Å². The third-order valence-electron chi connectivity index (χ3n) is 4.44. The molecule has 2 saturated heterocycles. The van der Waals surface area contributed by atoms with Gasteiger partial charge in [0.25, 0.3) is 0 Å². The molecule has 1 amide bonds. The Labute approximate surface area is 131 Å². The molecule has 22 heavy (non-hydrogen) atoms. The first-order valence-electron chi connectivity index (χ1n) is 7.69. The van der Waals surface area contributed by atoms with Crippen LogP contribution in [-0.4, -0.2) is 67.9 Å². The molecule has 120 valence electrons. The Kier molecular flexibility index (Phi) is 4.31. The van der Waals surface area contributed by atoms with Gasteiger partial charge in [0.15, 0.2) is 0 Å². The molecule has 6 nitrogen and oxygen atoms in total. The summed E-state index contributed by atoms with van der Waals surface area (Å²) in [4.78, 5) is 19.6. The highest BCUT2D eigenvalue weighted by atomic mass is 16.6. The van der Waals surface area contributed by atoms with Gasteiger partial charge < -0.3 is 19.3 Å². The number of rotatable bonds is 4. The SMILES string of the molecule is CN(C)C(=O)COC1COC2(CCN(c3cccnc3)C2)C1. The van der Waals surface area contributed by atoms with Crippen molar-refractivity contribution in [3.05, 3.63) is 24.5 Å². The number of carbonyl (C=O) groups is 1. The number of pyridine rings is 1. The smallest absolute Gasteiger partial charge is 0.248 e. The van der Waals surface area contributed by atoms with Crippen LogP contribution in [0.3, 0.4) is 0 Å². The molecule has 0 saturated carbocycles. The Morgan fingerprint density at radius 1 is 1.59 bits per heavy atom. The minimum atomic E-state index is -0.137. The van der Waals surface area contributed by atoms with Crippen LogP contribution in [0.1, 0.15) is 12.8 Å². The third kappa shape index (κ3) is 3.23. The Hall–Kier alpha value is -1.66. The summed E-state index contributed by atoms with van der Waals surface area (Å²) < 4.78 is 11.8. The molecule has 0 aliphatic carbocycles. The molecule has 0 radical (unpaired) electrons. The van der Waals surface area contributed by atoms with E-state index in [1.807, 2.05) is 12.3 Å². The highest BCUT2D eigenvalue weighted by Crippen LogP contribution is 2.37. The second-order valence-electron chi connectivity index (χ2n) is 6.30. The van der Waals surface area contributed by atoms with E-state index in [2.05, 4.69) is 16.0 Å². The summed E-state index contributed by atoms with van der Waals surface area (Å²) >= 11 is 0. The molecule has 3 heterocycles. The quantitative estimate of drug-likeness (QED) is 0.828. The fraction of sp³-hybridized carbons (Fsp3) is 0.625. The molecule has 2 atom stereocenters. The van der Waals surface area contributed by atoms with Gasteiger partial charge in [-0.05, 0) is 18.6 Å². The average molecular weight is 305 g/mol. The second-order valence-corrected chi connectivity index (χ2v) is 6.30. The molecule has 0 N–H and O–H groups in total. The molecule has 2 fully saturated rings. The van der Waals surface area contributed by atoms with Gasteiger partial charge in [0, 0.05) is 39.8 Å². The number of hydrogen-bond acceptors (Lipinski definition) is 5. The lowest BCUT2D eigenvalue weighted by molar-refractivity contribution is -0.135. The van der Waals surface area contributed by atoms with Gasteiger partial charge in [0.05, 0.1) is 30.2 Å². The molecule has 2 aliphatic rings. The monoisotopic (exact) mass is 305 g/mol. The number of anilines is 1. The first kappa shape index (κ1) is 15.2. The fourth-order valence-corrected chi connectivity index (χ4v) is 3.12. The summed E-state index contributed by atoms with van der Waals surface area (Å²) in [7, 11) is 3.47. The van der Waals surface area contributed by atoms with Crippen molar-refractivity contribution in [1.82, 2.24) is 9.88 Å². The van der Waals surface area contributed by atoms with Crippen LogP contribution < -0.4 is 4.90 Å². The van der Waals surface area contributed by atoms with E-state index >= 15 is 0 Å². The maximum absolute atomic E-state index is 11.6. The van der Waals surface area contributed by atoms with Crippen molar-refractivity contribution in [2.24, 2.45) is 0 Å². The normalized spacial score (nSPS) is 27.5. The minimum Gasteiger partial charge on any atom is -0.370 e. The number of ether oxygens (including phenoxy) is 2. The van der Waals surface area contributed by atoms with Gasteiger partial charge in [-0.1, -0.05) is 0 Å². The molecule has 0 aromatic carbocycles. The first-order chi connectivity index (χ1) is 10.6. The Morgan fingerprint density at radius 2 is 2.45 bits per heavy atom. The van der Waals surface area contributed by atoms with Gasteiger partial charge in [0.1, 0.15) is 6.61 Å². The molecular weight excluding hydrogens is 282 g/mol. The zero-order chi connectivity index (χ0) is 15.6. The number of amides is 1. The Balaban J connectivity index is 1.53. The predicted molar refractivity (Wildman–Crippen MR) is 82.8 cm³/mol. The summed E-state index contributed by atoms with van der Waals surface area (Å²) in [5.74, 6) is -0.00985. The van der Waals surface area contributed by atoms with Crippen LogP contribution in [-0.2, 0) is 14.3 Å². The van der Waals surface area contributed by atoms with E-state index in [4.69, 9.17) is 9.47 Å². The molecule has 2 unspecified atom stereocenters. The topological polar surface area (TPSA) is 54.9 Å². The lowest BCUT2D eigenvalue weighted by Gasteiger charge is -2.24.